The lowest BCUT2D eigenvalue weighted by molar-refractivity contribution is 0.582. The number of aromatic amines is 1. The van der Waals surface area contributed by atoms with Crippen LogP contribution in [-0.2, 0) is 19.4 Å². The van der Waals surface area contributed by atoms with E-state index in [9.17, 15) is 4.79 Å². The Balaban J connectivity index is 1.66. The van der Waals surface area contributed by atoms with Gasteiger partial charge in [-0.05, 0) is 44.1 Å². The van der Waals surface area contributed by atoms with Crippen LogP contribution in [0.25, 0.3) is 10.2 Å². The molecule has 0 aliphatic carbocycles. The van der Waals surface area contributed by atoms with E-state index in [1.807, 2.05) is 30.3 Å². The predicted molar refractivity (Wildman–Crippen MR) is 94.7 cm³/mol. The van der Waals surface area contributed by atoms with Gasteiger partial charge in [0.15, 0.2) is 0 Å². The predicted octanol–water partition coefficient (Wildman–Crippen LogP) is 3.08. The number of aryl methyl sites for hydroxylation is 5. The Morgan fingerprint density at radius 3 is 3.04 bits per heavy atom. The first-order valence-corrected chi connectivity index (χ1v) is 9.60. The van der Waals surface area contributed by atoms with E-state index in [0.717, 1.165) is 52.6 Å². The summed E-state index contributed by atoms with van der Waals surface area (Å²) in [5.41, 5.74) is 3.37. The zero-order valence-corrected chi connectivity index (χ0v) is 14.8. The van der Waals surface area contributed by atoms with E-state index in [1.54, 1.807) is 11.3 Å². The third-order valence-corrected chi connectivity index (χ3v) is 6.67. The highest BCUT2D eigenvalue weighted by Crippen LogP contribution is 2.39. The zero-order chi connectivity index (χ0) is 16.0. The maximum Gasteiger partial charge on any atom is 0.259 e. The summed E-state index contributed by atoms with van der Waals surface area (Å²) in [5, 5.41) is 5.27. The van der Waals surface area contributed by atoms with E-state index < -0.39 is 0 Å². The summed E-state index contributed by atoms with van der Waals surface area (Å²) < 4.78 is 3.24. The van der Waals surface area contributed by atoms with Gasteiger partial charge in [-0.15, -0.1) is 23.1 Å². The number of thiophene rings is 1. The largest absolute Gasteiger partial charge is 0.310 e. The molecular formula is C16H18N4OS2. The molecule has 0 amide bonds. The van der Waals surface area contributed by atoms with Crippen LogP contribution in [0.15, 0.2) is 15.1 Å². The molecule has 0 fully saturated rings. The fourth-order valence-corrected chi connectivity index (χ4v) is 5.63. The monoisotopic (exact) mass is 346 g/mol. The van der Waals surface area contributed by atoms with Gasteiger partial charge in [-0.3, -0.25) is 9.48 Å². The third kappa shape index (κ3) is 2.72. The van der Waals surface area contributed by atoms with Crippen molar-refractivity contribution < 1.29 is 0 Å². The van der Waals surface area contributed by atoms with Gasteiger partial charge in [0.2, 0.25) is 0 Å². The molecule has 5 nitrogen and oxygen atoms in total. The molecule has 3 aromatic heterocycles. The highest BCUT2D eigenvalue weighted by atomic mass is 32.2. The second-order valence-corrected chi connectivity index (χ2v) is 8.28. The van der Waals surface area contributed by atoms with Crippen molar-refractivity contribution in [3.05, 3.63) is 39.2 Å². The molecule has 7 heteroatoms. The van der Waals surface area contributed by atoms with Gasteiger partial charge in [0, 0.05) is 18.7 Å². The molecule has 1 aliphatic heterocycles. The Hall–Kier alpha value is -1.60. The number of rotatable bonds is 3. The van der Waals surface area contributed by atoms with Crippen LogP contribution in [-0.4, -0.2) is 25.5 Å². The van der Waals surface area contributed by atoms with Gasteiger partial charge in [-0.1, -0.05) is 0 Å². The first kappa shape index (κ1) is 15.0. The zero-order valence-electron chi connectivity index (χ0n) is 13.2. The summed E-state index contributed by atoms with van der Waals surface area (Å²) in [6.07, 6.45) is 2.82. The van der Waals surface area contributed by atoms with Crippen LogP contribution in [0, 0.1) is 13.8 Å². The van der Waals surface area contributed by atoms with Crippen molar-refractivity contribution >= 4 is 33.3 Å². The number of aromatic nitrogens is 4. The molecule has 0 unspecified atom stereocenters. The van der Waals surface area contributed by atoms with Crippen molar-refractivity contribution in [3.8, 4) is 0 Å². The number of hydrogen-bond acceptors (Lipinski definition) is 5. The summed E-state index contributed by atoms with van der Waals surface area (Å²) in [7, 11) is 0. The molecule has 0 bridgehead atoms. The quantitative estimate of drug-likeness (QED) is 0.791. The van der Waals surface area contributed by atoms with Gasteiger partial charge >= 0.3 is 0 Å². The SMILES string of the molecule is Cc1cc(C)n(CCc2nc3sc4c(c3c(=O)[nH]2)CCCS4)n1. The molecule has 4 rings (SSSR count). The Kier molecular flexibility index (Phi) is 3.77. The van der Waals surface area contributed by atoms with Crippen LogP contribution in [0.5, 0.6) is 0 Å². The Labute approximate surface area is 142 Å². The van der Waals surface area contributed by atoms with Crippen molar-refractivity contribution in [1.82, 2.24) is 19.7 Å². The smallest absolute Gasteiger partial charge is 0.259 e. The van der Waals surface area contributed by atoms with Crippen LogP contribution in [0.4, 0.5) is 0 Å². The fraction of sp³-hybridized carbons (Fsp3) is 0.438. The Morgan fingerprint density at radius 2 is 2.26 bits per heavy atom. The van der Waals surface area contributed by atoms with Gasteiger partial charge in [0.1, 0.15) is 10.7 Å². The van der Waals surface area contributed by atoms with Gasteiger partial charge in [0.25, 0.3) is 5.56 Å². The number of nitrogens with one attached hydrogen (secondary N) is 1. The molecule has 120 valence electrons. The third-order valence-electron chi connectivity index (χ3n) is 4.14. The molecule has 23 heavy (non-hydrogen) atoms. The van der Waals surface area contributed by atoms with Gasteiger partial charge in [-0.25, -0.2) is 4.98 Å². The van der Waals surface area contributed by atoms with E-state index in [2.05, 4.69) is 16.1 Å². The topological polar surface area (TPSA) is 63.6 Å². The number of thioether (sulfide) groups is 1. The van der Waals surface area contributed by atoms with E-state index in [0.29, 0.717) is 6.42 Å². The first-order chi connectivity index (χ1) is 11.1. The minimum atomic E-state index is 0.0124. The molecule has 0 saturated heterocycles. The lowest BCUT2D eigenvalue weighted by Gasteiger charge is -2.09. The molecule has 0 atom stereocenters. The van der Waals surface area contributed by atoms with Crippen molar-refractivity contribution in [2.45, 2.75) is 43.9 Å². The standard InChI is InChI=1S/C16H18N4OS2/c1-9-8-10(2)20(19-9)6-5-12-17-14(21)13-11-4-3-7-22-16(11)23-15(13)18-12/h8H,3-7H2,1-2H3,(H,17,18,21). The Bertz CT molecular complexity index is 938. The molecule has 0 saturated carbocycles. The average molecular weight is 346 g/mol. The molecular weight excluding hydrogens is 328 g/mol. The molecule has 0 aromatic carbocycles. The van der Waals surface area contributed by atoms with Crippen LogP contribution in [0.2, 0.25) is 0 Å². The summed E-state index contributed by atoms with van der Waals surface area (Å²) in [5.74, 6) is 1.89. The molecule has 0 spiro atoms. The molecule has 0 radical (unpaired) electrons. The summed E-state index contributed by atoms with van der Waals surface area (Å²) in [4.78, 5) is 21.1. The highest BCUT2D eigenvalue weighted by Gasteiger charge is 2.20. The van der Waals surface area contributed by atoms with Crippen molar-refractivity contribution in [1.29, 1.82) is 0 Å². The average Bonchev–Trinajstić information content (AvgIpc) is 3.04. The highest BCUT2D eigenvalue weighted by molar-refractivity contribution is 8.01. The maximum absolute atomic E-state index is 12.5. The molecule has 3 aromatic rings. The van der Waals surface area contributed by atoms with E-state index in [-0.39, 0.29) is 5.56 Å². The van der Waals surface area contributed by atoms with Gasteiger partial charge in [-0.2, -0.15) is 5.10 Å². The van der Waals surface area contributed by atoms with Crippen molar-refractivity contribution in [3.63, 3.8) is 0 Å². The number of H-pyrrole nitrogens is 1. The van der Waals surface area contributed by atoms with Crippen LogP contribution >= 0.6 is 23.1 Å². The van der Waals surface area contributed by atoms with E-state index in [1.165, 1.54) is 9.77 Å². The van der Waals surface area contributed by atoms with E-state index >= 15 is 0 Å². The Morgan fingerprint density at radius 1 is 1.39 bits per heavy atom. The molecule has 1 N–H and O–H groups in total. The summed E-state index contributed by atoms with van der Waals surface area (Å²) in [6, 6.07) is 2.06. The minimum absolute atomic E-state index is 0.0124. The van der Waals surface area contributed by atoms with E-state index in [4.69, 9.17) is 4.98 Å². The van der Waals surface area contributed by atoms with Gasteiger partial charge < -0.3 is 4.98 Å². The van der Waals surface area contributed by atoms with Crippen molar-refractivity contribution in [2.75, 3.05) is 5.75 Å². The first-order valence-electron chi connectivity index (χ1n) is 7.80. The normalized spacial score (nSPS) is 14.3. The maximum atomic E-state index is 12.5. The van der Waals surface area contributed by atoms with Crippen molar-refractivity contribution in [2.24, 2.45) is 0 Å². The second kappa shape index (κ2) is 5.79. The van der Waals surface area contributed by atoms with Crippen LogP contribution in [0.3, 0.4) is 0 Å². The number of nitrogens with zero attached hydrogens (tertiary/aromatic N) is 3. The fourth-order valence-electron chi connectivity index (χ4n) is 3.08. The number of hydrogen-bond donors (Lipinski definition) is 1. The lowest BCUT2D eigenvalue weighted by atomic mass is 10.1. The van der Waals surface area contributed by atoms with Crippen LogP contribution < -0.4 is 5.56 Å². The lowest BCUT2D eigenvalue weighted by Crippen LogP contribution is -2.15. The summed E-state index contributed by atoms with van der Waals surface area (Å²) in [6.45, 7) is 4.77. The van der Waals surface area contributed by atoms with Gasteiger partial charge in [0.05, 0.1) is 15.3 Å². The minimum Gasteiger partial charge on any atom is -0.310 e. The molecule has 4 heterocycles. The summed E-state index contributed by atoms with van der Waals surface area (Å²) >= 11 is 3.52. The second-order valence-electron chi connectivity index (χ2n) is 5.91. The molecule has 1 aliphatic rings. The van der Waals surface area contributed by atoms with Crippen LogP contribution in [0.1, 0.15) is 29.2 Å². The number of fused-ring (bicyclic) bond motifs is 3.